The van der Waals surface area contributed by atoms with Crippen LogP contribution in [0.25, 0.3) is 0 Å². The van der Waals surface area contributed by atoms with E-state index in [1.54, 1.807) is 18.2 Å². The molecule has 0 atom stereocenters. The van der Waals surface area contributed by atoms with Crippen LogP contribution in [0.5, 0.6) is 0 Å². The number of nitrogens with one attached hydrogen (secondary N) is 3. The fourth-order valence-corrected chi connectivity index (χ4v) is 1.92. The minimum Gasteiger partial charge on any atom is -0.352 e. The van der Waals surface area contributed by atoms with E-state index in [9.17, 15) is 9.59 Å². The molecule has 0 radical (unpaired) electrons. The van der Waals surface area contributed by atoms with Gasteiger partial charge in [-0.2, -0.15) is 0 Å². The number of benzene rings is 1. The van der Waals surface area contributed by atoms with E-state index >= 15 is 0 Å². The molecule has 19 heavy (non-hydrogen) atoms. The van der Waals surface area contributed by atoms with Crippen molar-refractivity contribution in [1.29, 1.82) is 0 Å². The first-order valence-electron chi connectivity index (χ1n) is 6.52. The summed E-state index contributed by atoms with van der Waals surface area (Å²) in [6.45, 7) is 5.85. The Morgan fingerprint density at radius 3 is 2.63 bits per heavy atom. The van der Waals surface area contributed by atoms with Crippen molar-refractivity contribution in [3.05, 3.63) is 29.3 Å². The minimum absolute atomic E-state index is 0.0348. The summed E-state index contributed by atoms with van der Waals surface area (Å²) in [5.41, 5.74) is 2.27. The lowest BCUT2D eigenvalue weighted by Crippen LogP contribution is -2.48. The molecule has 1 aliphatic heterocycles. The van der Waals surface area contributed by atoms with Crippen molar-refractivity contribution in [2.24, 2.45) is 5.92 Å². The first kappa shape index (κ1) is 13.5. The van der Waals surface area contributed by atoms with Gasteiger partial charge >= 0.3 is 0 Å². The Morgan fingerprint density at radius 1 is 1.37 bits per heavy atom. The van der Waals surface area contributed by atoms with Crippen molar-refractivity contribution in [2.75, 3.05) is 25.0 Å². The van der Waals surface area contributed by atoms with Gasteiger partial charge in [0.25, 0.3) is 5.91 Å². The number of amides is 2. The monoisotopic (exact) mass is 261 g/mol. The van der Waals surface area contributed by atoms with E-state index in [1.165, 1.54) is 0 Å². The number of hydrogen-bond donors (Lipinski definition) is 3. The summed E-state index contributed by atoms with van der Waals surface area (Å²) < 4.78 is 0. The Morgan fingerprint density at radius 2 is 2.11 bits per heavy atom. The Hall–Kier alpha value is -1.88. The molecule has 5 nitrogen and oxygen atoms in total. The third kappa shape index (κ3) is 3.12. The zero-order valence-electron chi connectivity index (χ0n) is 11.2. The SMILES string of the molecule is CCNC(=O)c1ccc(NC(=O)C2CNC2)c(C)c1. The van der Waals surface area contributed by atoms with Crippen LogP contribution in [-0.4, -0.2) is 31.4 Å². The van der Waals surface area contributed by atoms with Gasteiger partial charge in [0.1, 0.15) is 0 Å². The highest BCUT2D eigenvalue weighted by atomic mass is 16.2. The van der Waals surface area contributed by atoms with Crippen LogP contribution in [0, 0.1) is 12.8 Å². The summed E-state index contributed by atoms with van der Waals surface area (Å²) in [6, 6.07) is 5.30. The van der Waals surface area contributed by atoms with Crippen LogP contribution in [-0.2, 0) is 4.79 Å². The van der Waals surface area contributed by atoms with Gasteiger partial charge in [0.15, 0.2) is 0 Å². The van der Waals surface area contributed by atoms with E-state index in [0.29, 0.717) is 12.1 Å². The predicted molar refractivity (Wildman–Crippen MR) is 74.2 cm³/mol. The fourth-order valence-electron chi connectivity index (χ4n) is 1.92. The number of hydrogen-bond acceptors (Lipinski definition) is 3. The molecule has 2 rings (SSSR count). The summed E-state index contributed by atoms with van der Waals surface area (Å²) in [5, 5.41) is 8.72. The summed E-state index contributed by atoms with van der Waals surface area (Å²) in [7, 11) is 0. The number of carbonyl (C=O) groups is 2. The van der Waals surface area contributed by atoms with E-state index in [4.69, 9.17) is 0 Å². The van der Waals surface area contributed by atoms with Crippen LogP contribution in [0.4, 0.5) is 5.69 Å². The molecule has 1 fully saturated rings. The second-order valence-electron chi connectivity index (χ2n) is 4.73. The Balaban J connectivity index is 2.06. The first-order valence-corrected chi connectivity index (χ1v) is 6.52. The maximum Gasteiger partial charge on any atom is 0.251 e. The number of anilines is 1. The molecule has 0 unspecified atom stereocenters. The van der Waals surface area contributed by atoms with Crippen molar-refractivity contribution in [2.45, 2.75) is 13.8 Å². The number of aryl methyl sites for hydroxylation is 1. The maximum absolute atomic E-state index is 11.8. The predicted octanol–water partition coefficient (Wildman–Crippen LogP) is 0.903. The molecule has 2 amide bonds. The molecule has 5 heteroatoms. The molecular formula is C14H19N3O2. The molecule has 0 saturated carbocycles. The van der Waals surface area contributed by atoms with Crippen molar-refractivity contribution in [1.82, 2.24) is 10.6 Å². The Kier molecular flexibility index (Phi) is 4.16. The highest BCUT2D eigenvalue weighted by molar-refractivity contribution is 5.97. The van der Waals surface area contributed by atoms with E-state index in [2.05, 4.69) is 16.0 Å². The summed E-state index contributed by atoms with van der Waals surface area (Å²) in [6.07, 6.45) is 0. The highest BCUT2D eigenvalue weighted by Gasteiger charge is 2.25. The second-order valence-corrected chi connectivity index (χ2v) is 4.73. The van der Waals surface area contributed by atoms with Crippen molar-refractivity contribution in [3.8, 4) is 0 Å². The molecular weight excluding hydrogens is 242 g/mol. The molecule has 102 valence electrons. The normalized spacial score (nSPS) is 14.6. The number of rotatable bonds is 4. The Labute approximate surface area is 112 Å². The van der Waals surface area contributed by atoms with Crippen LogP contribution < -0.4 is 16.0 Å². The summed E-state index contributed by atoms with van der Waals surface area (Å²) in [4.78, 5) is 23.5. The van der Waals surface area contributed by atoms with Crippen molar-refractivity contribution >= 4 is 17.5 Å². The van der Waals surface area contributed by atoms with Gasteiger partial charge in [-0.1, -0.05) is 0 Å². The summed E-state index contributed by atoms with van der Waals surface area (Å²) in [5.74, 6) is 0.00162. The Bertz CT molecular complexity index is 495. The molecule has 0 aromatic heterocycles. The van der Waals surface area contributed by atoms with Crippen LogP contribution in [0.1, 0.15) is 22.8 Å². The lowest BCUT2D eigenvalue weighted by atomic mass is 10.0. The van der Waals surface area contributed by atoms with Crippen molar-refractivity contribution < 1.29 is 9.59 Å². The molecule has 0 spiro atoms. The average Bonchev–Trinajstić information content (AvgIpc) is 2.29. The molecule has 0 bridgehead atoms. The molecule has 1 aromatic rings. The maximum atomic E-state index is 11.8. The molecule has 0 aliphatic carbocycles. The highest BCUT2D eigenvalue weighted by Crippen LogP contribution is 2.18. The number of carbonyl (C=O) groups excluding carboxylic acids is 2. The van der Waals surface area contributed by atoms with Gasteiger partial charge in [0.05, 0.1) is 5.92 Å². The quantitative estimate of drug-likeness (QED) is 0.754. The van der Waals surface area contributed by atoms with Gasteiger partial charge in [-0.25, -0.2) is 0 Å². The topological polar surface area (TPSA) is 70.2 Å². The molecule has 3 N–H and O–H groups in total. The van der Waals surface area contributed by atoms with Crippen LogP contribution in [0.2, 0.25) is 0 Å². The van der Waals surface area contributed by atoms with Gasteiger partial charge in [0, 0.05) is 30.9 Å². The van der Waals surface area contributed by atoms with Crippen LogP contribution in [0.15, 0.2) is 18.2 Å². The molecule has 1 aromatic carbocycles. The smallest absolute Gasteiger partial charge is 0.251 e. The van der Waals surface area contributed by atoms with E-state index < -0.39 is 0 Å². The summed E-state index contributed by atoms with van der Waals surface area (Å²) >= 11 is 0. The van der Waals surface area contributed by atoms with E-state index in [-0.39, 0.29) is 17.7 Å². The van der Waals surface area contributed by atoms with Gasteiger partial charge in [-0.15, -0.1) is 0 Å². The van der Waals surface area contributed by atoms with Gasteiger partial charge in [0.2, 0.25) is 5.91 Å². The lowest BCUT2D eigenvalue weighted by molar-refractivity contribution is -0.121. The molecule has 1 heterocycles. The largest absolute Gasteiger partial charge is 0.352 e. The molecule has 1 aliphatic rings. The van der Waals surface area contributed by atoms with Gasteiger partial charge < -0.3 is 16.0 Å². The fraction of sp³-hybridized carbons (Fsp3) is 0.429. The van der Waals surface area contributed by atoms with E-state index in [0.717, 1.165) is 24.3 Å². The zero-order valence-corrected chi connectivity index (χ0v) is 11.2. The second kappa shape index (κ2) is 5.84. The average molecular weight is 261 g/mol. The molecule has 1 saturated heterocycles. The third-order valence-electron chi connectivity index (χ3n) is 3.24. The van der Waals surface area contributed by atoms with Crippen molar-refractivity contribution in [3.63, 3.8) is 0 Å². The van der Waals surface area contributed by atoms with Gasteiger partial charge in [-0.05, 0) is 37.6 Å². The zero-order chi connectivity index (χ0) is 13.8. The lowest BCUT2D eigenvalue weighted by Gasteiger charge is -2.26. The first-order chi connectivity index (χ1) is 9.11. The minimum atomic E-state index is -0.0910. The van der Waals surface area contributed by atoms with Crippen LogP contribution in [0.3, 0.4) is 0 Å². The standard InChI is InChI=1S/C14H19N3O2/c1-3-16-13(18)10-4-5-12(9(2)6-10)17-14(19)11-7-15-8-11/h4-6,11,15H,3,7-8H2,1-2H3,(H,16,18)(H,17,19). The third-order valence-corrected chi connectivity index (χ3v) is 3.24. The van der Waals surface area contributed by atoms with Gasteiger partial charge in [-0.3, -0.25) is 9.59 Å². The van der Waals surface area contributed by atoms with E-state index in [1.807, 2.05) is 13.8 Å². The van der Waals surface area contributed by atoms with Crippen LogP contribution >= 0.6 is 0 Å².